The first kappa shape index (κ1) is 17.6. The lowest BCUT2D eigenvalue weighted by Gasteiger charge is -2.38. The van der Waals surface area contributed by atoms with Crippen molar-refractivity contribution in [3.05, 3.63) is 23.8 Å². The van der Waals surface area contributed by atoms with Gasteiger partial charge < -0.3 is 19.7 Å². The van der Waals surface area contributed by atoms with E-state index in [0.717, 1.165) is 30.9 Å². The van der Waals surface area contributed by atoms with Gasteiger partial charge in [0.15, 0.2) is 0 Å². The summed E-state index contributed by atoms with van der Waals surface area (Å²) in [6.07, 6.45) is 0. The fourth-order valence-corrected chi connectivity index (χ4v) is 2.97. The second-order valence-corrected chi connectivity index (χ2v) is 6.09. The Bertz CT molecular complexity index is 548. The standard InChI is InChI=1S/C17H27N3O3/c1-12-11-20(9-8-18-12)16(17(21)19(2)3)14-7-6-13(22-4)10-15(14)23-5/h6-7,10,12,16,18H,8-9,11H2,1-5H3. The Kier molecular flexibility index (Phi) is 5.85. The zero-order valence-corrected chi connectivity index (χ0v) is 14.6. The monoisotopic (exact) mass is 321 g/mol. The summed E-state index contributed by atoms with van der Waals surface area (Å²) in [5.41, 5.74) is 0.876. The fraction of sp³-hybridized carbons (Fsp3) is 0.588. The van der Waals surface area contributed by atoms with E-state index in [0.29, 0.717) is 11.8 Å². The molecule has 1 saturated heterocycles. The summed E-state index contributed by atoms with van der Waals surface area (Å²) in [6.45, 7) is 4.65. The lowest BCUT2D eigenvalue weighted by atomic mass is 10.0. The van der Waals surface area contributed by atoms with Gasteiger partial charge in [-0.1, -0.05) is 0 Å². The van der Waals surface area contributed by atoms with Crippen molar-refractivity contribution < 1.29 is 14.3 Å². The van der Waals surface area contributed by atoms with E-state index in [4.69, 9.17) is 9.47 Å². The van der Waals surface area contributed by atoms with E-state index < -0.39 is 0 Å². The van der Waals surface area contributed by atoms with Crippen molar-refractivity contribution in [2.45, 2.75) is 19.0 Å². The lowest BCUT2D eigenvalue weighted by molar-refractivity contribution is -0.135. The Morgan fingerprint density at radius 2 is 2.09 bits per heavy atom. The maximum absolute atomic E-state index is 12.8. The van der Waals surface area contributed by atoms with Crippen LogP contribution in [0.5, 0.6) is 11.5 Å². The van der Waals surface area contributed by atoms with E-state index >= 15 is 0 Å². The summed E-state index contributed by atoms with van der Waals surface area (Å²) in [5, 5.41) is 3.42. The molecule has 1 N–H and O–H groups in total. The number of ether oxygens (including phenoxy) is 2. The second-order valence-electron chi connectivity index (χ2n) is 6.09. The zero-order chi connectivity index (χ0) is 17.0. The van der Waals surface area contributed by atoms with Crippen molar-refractivity contribution >= 4 is 5.91 Å². The van der Waals surface area contributed by atoms with Gasteiger partial charge in [-0.3, -0.25) is 9.69 Å². The number of hydrogen-bond acceptors (Lipinski definition) is 5. The predicted molar refractivity (Wildman–Crippen MR) is 90.0 cm³/mol. The topological polar surface area (TPSA) is 54.0 Å². The molecule has 0 saturated carbocycles. The first-order valence-corrected chi connectivity index (χ1v) is 7.88. The van der Waals surface area contributed by atoms with Gasteiger partial charge in [-0.2, -0.15) is 0 Å². The predicted octanol–water partition coefficient (Wildman–Crippen LogP) is 1.13. The van der Waals surface area contributed by atoms with Crippen molar-refractivity contribution in [3.63, 3.8) is 0 Å². The molecule has 0 bridgehead atoms. The molecular weight excluding hydrogens is 294 g/mol. The largest absolute Gasteiger partial charge is 0.497 e. The molecule has 0 spiro atoms. The summed E-state index contributed by atoms with van der Waals surface area (Å²) in [7, 11) is 6.82. The van der Waals surface area contributed by atoms with E-state index in [2.05, 4.69) is 17.1 Å². The molecule has 1 heterocycles. The summed E-state index contributed by atoms with van der Waals surface area (Å²) in [5.74, 6) is 1.45. The average molecular weight is 321 g/mol. The Balaban J connectivity index is 2.42. The van der Waals surface area contributed by atoms with Crippen LogP contribution in [0.2, 0.25) is 0 Å². The highest BCUT2D eigenvalue weighted by atomic mass is 16.5. The van der Waals surface area contributed by atoms with E-state index in [9.17, 15) is 4.79 Å². The summed E-state index contributed by atoms with van der Waals surface area (Å²) >= 11 is 0. The van der Waals surface area contributed by atoms with Crippen LogP contribution in [0.3, 0.4) is 0 Å². The lowest BCUT2D eigenvalue weighted by Crippen LogP contribution is -2.53. The number of piperazine rings is 1. The molecule has 23 heavy (non-hydrogen) atoms. The van der Waals surface area contributed by atoms with Gasteiger partial charge in [0.1, 0.15) is 17.5 Å². The third kappa shape index (κ3) is 3.95. The van der Waals surface area contributed by atoms with Gasteiger partial charge in [-0.05, 0) is 19.1 Å². The molecule has 1 amide bonds. The Morgan fingerprint density at radius 3 is 2.65 bits per heavy atom. The molecule has 1 fully saturated rings. The minimum Gasteiger partial charge on any atom is -0.497 e. The smallest absolute Gasteiger partial charge is 0.244 e. The number of likely N-dealkylation sites (N-methyl/N-ethyl adjacent to an activating group) is 1. The number of hydrogen-bond donors (Lipinski definition) is 1. The Morgan fingerprint density at radius 1 is 1.35 bits per heavy atom. The van der Waals surface area contributed by atoms with Gasteiger partial charge in [0, 0.05) is 51.4 Å². The maximum Gasteiger partial charge on any atom is 0.244 e. The molecule has 128 valence electrons. The summed E-state index contributed by atoms with van der Waals surface area (Å²) in [4.78, 5) is 16.7. The number of nitrogens with zero attached hydrogens (tertiary/aromatic N) is 2. The minimum atomic E-state index is -0.351. The Labute approximate surface area is 138 Å². The molecule has 0 aliphatic carbocycles. The molecule has 1 aromatic carbocycles. The van der Waals surface area contributed by atoms with Crippen LogP contribution < -0.4 is 14.8 Å². The summed E-state index contributed by atoms with van der Waals surface area (Å²) in [6, 6.07) is 5.63. The SMILES string of the molecule is COc1ccc(C(C(=O)N(C)C)N2CCNC(C)C2)c(OC)c1. The quantitative estimate of drug-likeness (QED) is 0.881. The molecule has 1 aliphatic heterocycles. The molecular formula is C17H27N3O3. The van der Waals surface area contributed by atoms with Gasteiger partial charge in [0.05, 0.1) is 14.2 Å². The molecule has 2 rings (SSSR count). The van der Waals surface area contributed by atoms with Crippen LogP contribution in [0.4, 0.5) is 0 Å². The molecule has 0 radical (unpaired) electrons. The number of amides is 1. The van der Waals surface area contributed by atoms with Crippen molar-refractivity contribution in [3.8, 4) is 11.5 Å². The first-order valence-electron chi connectivity index (χ1n) is 7.88. The Hall–Kier alpha value is -1.79. The van der Waals surface area contributed by atoms with Crippen molar-refractivity contribution in [2.24, 2.45) is 0 Å². The van der Waals surface area contributed by atoms with Gasteiger partial charge in [0.25, 0.3) is 0 Å². The van der Waals surface area contributed by atoms with Crippen LogP contribution in [-0.2, 0) is 4.79 Å². The van der Waals surface area contributed by atoms with Crippen LogP contribution in [0, 0.1) is 0 Å². The molecule has 0 aromatic heterocycles. The van der Waals surface area contributed by atoms with Crippen LogP contribution in [-0.4, -0.2) is 69.7 Å². The molecule has 1 aromatic rings. The third-order valence-corrected chi connectivity index (χ3v) is 4.18. The molecule has 6 nitrogen and oxygen atoms in total. The number of methoxy groups -OCH3 is 2. The van der Waals surface area contributed by atoms with Crippen molar-refractivity contribution in [1.82, 2.24) is 15.1 Å². The van der Waals surface area contributed by atoms with E-state index in [1.165, 1.54) is 0 Å². The highest BCUT2D eigenvalue weighted by Gasteiger charge is 2.33. The highest BCUT2D eigenvalue weighted by molar-refractivity contribution is 5.83. The number of carbonyl (C=O) groups is 1. The highest BCUT2D eigenvalue weighted by Crippen LogP contribution is 2.34. The van der Waals surface area contributed by atoms with E-state index in [-0.39, 0.29) is 11.9 Å². The fourth-order valence-electron chi connectivity index (χ4n) is 2.97. The van der Waals surface area contributed by atoms with Crippen LogP contribution in [0.25, 0.3) is 0 Å². The normalized spacial score (nSPS) is 20.0. The van der Waals surface area contributed by atoms with Gasteiger partial charge in [-0.25, -0.2) is 0 Å². The van der Waals surface area contributed by atoms with Gasteiger partial charge in [-0.15, -0.1) is 0 Å². The number of benzene rings is 1. The number of nitrogens with one attached hydrogen (secondary N) is 1. The average Bonchev–Trinajstić information content (AvgIpc) is 2.55. The second kappa shape index (κ2) is 7.66. The van der Waals surface area contributed by atoms with Crippen LogP contribution in [0.1, 0.15) is 18.5 Å². The van der Waals surface area contributed by atoms with Crippen molar-refractivity contribution in [1.29, 1.82) is 0 Å². The first-order chi connectivity index (χ1) is 11.0. The number of rotatable bonds is 5. The van der Waals surface area contributed by atoms with E-state index in [1.54, 1.807) is 33.2 Å². The van der Waals surface area contributed by atoms with E-state index in [1.807, 2.05) is 18.2 Å². The van der Waals surface area contributed by atoms with Crippen LogP contribution >= 0.6 is 0 Å². The molecule has 1 aliphatic rings. The maximum atomic E-state index is 12.8. The third-order valence-electron chi connectivity index (χ3n) is 4.18. The van der Waals surface area contributed by atoms with Gasteiger partial charge in [0.2, 0.25) is 5.91 Å². The molecule has 2 unspecified atom stereocenters. The molecule has 6 heteroatoms. The van der Waals surface area contributed by atoms with Crippen LogP contribution in [0.15, 0.2) is 18.2 Å². The van der Waals surface area contributed by atoms with Crippen molar-refractivity contribution in [2.75, 3.05) is 47.9 Å². The molecule has 2 atom stereocenters. The number of carbonyl (C=O) groups excluding carboxylic acids is 1. The van der Waals surface area contributed by atoms with Gasteiger partial charge >= 0.3 is 0 Å². The summed E-state index contributed by atoms with van der Waals surface area (Å²) < 4.78 is 10.8. The minimum absolute atomic E-state index is 0.0579. The zero-order valence-electron chi connectivity index (χ0n) is 14.6.